The number of fused-ring (bicyclic) bond motifs is 2. The van der Waals surface area contributed by atoms with Crippen LogP contribution in [0.2, 0.25) is 0 Å². The van der Waals surface area contributed by atoms with Crippen molar-refractivity contribution in [3.63, 3.8) is 0 Å². The smallest absolute Gasteiger partial charge is 0.410 e. The summed E-state index contributed by atoms with van der Waals surface area (Å²) in [7, 11) is 0. The van der Waals surface area contributed by atoms with E-state index in [4.69, 9.17) is 4.74 Å². The molecule has 1 aromatic carbocycles. The van der Waals surface area contributed by atoms with E-state index in [1.807, 2.05) is 25.7 Å². The predicted molar refractivity (Wildman–Crippen MR) is 93.1 cm³/mol. The van der Waals surface area contributed by atoms with E-state index in [2.05, 4.69) is 0 Å². The van der Waals surface area contributed by atoms with Gasteiger partial charge in [0, 0.05) is 23.6 Å². The quantitative estimate of drug-likeness (QED) is 0.740. The molecule has 3 rings (SSSR count). The number of hydrogen-bond acceptors (Lipinski definition) is 3. The van der Waals surface area contributed by atoms with E-state index in [1.165, 1.54) is 6.07 Å². The van der Waals surface area contributed by atoms with Gasteiger partial charge in [-0.05, 0) is 65.0 Å². The van der Waals surface area contributed by atoms with Crippen LogP contribution in [-0.4, -0.2) is 34.5 Å². The van der Waals surface area contributed by atoms with Crippen LogP contribution in [0.15, 0.2) is 18.2 Å². The topological polar surface area (TPSA) is 46.6 Å². The second-order valence-electron chi connectivity index (χ2n) is 8.27. The molecule has 136 valence electrons. The highest BCUT2D eigenvalue weighted by molar-refractivity contribution is 5.98. The lowest BCUT2D eigenvalue weighted by molar-refractivity contribution is 0.00254. The molecule has 0 aliphatic carbocycles. The van der Waals surface area contributed by atoms with E-state index in [0.717, 1.165) is 12.8 Å². The standard InChI is InChI=1S/C20H26FNO3/c1-12-5-6-13(11-17(12)21)18(23)14-9-15-7-8-16(10-14)22(15)19(24)25-20(2,3)4/h5-6,11,14-16H,7-10H2,1-4H3. The van der Waals surface area contributed by atoms with E-state index < -0.39 is 5.60 Å². The number of ketones is 1. The molecule has 0 spiro atoms. The van der Waals surface area contributed by atoms with Gasteiger partial charge in [0.1, 0.15) is 11.4 Å². The summed E-state index contributed by atoms with van der Waals surface area (Å²) >= 11 is 0. The van der Waals surface area contributed by atoms with Crippen LogP contribution in [0, 0.1) is 18.7 Å². The van der Waals surface area contributed by atoms with Crippen molar-refractivity contribution in [2.24, 2.45) is 5.92 Å². The lowest BCUT2D eigenvalue weighted by Gasteiger charge is -2.39. The first kappa shape index (κ1) is 17.9. The van der Waals surface area contributed by atoms with E-state index in [1.54, 1.807) is 19.1 Å². The van der Waals surface area contributed by atoms with E-state index >= 15 is 0 Å². The molecule has 2 aliphatic heterocycles. The Labute approximate surface area is 148 Å². The molecule has 0 N–H and O–H groups in total. The maximum Gasteiger partial charge on any atom is 0.410 e. The fourth-order valence-corrected chi connectivity index (χ4v) is 3.99. The number of carbonyl (C=O) groups is 2. The highest BCUT2D eigenvalue weighted by atomic mass is 19.1. The van der Waals surface area contributed by atoms with Crippen molar-refractivity contribution in [1.82, 2.24) is 4.90 Å². The number of carbonyl (C=O) groups excluding carboxylic acids is 2. The van der Waals surface area contributed by atoms with Crippen molar-refractivity contribution in [2.45, 2.75) is 71.1 Å². The van der Waals surface area contributed by atoms with Crippen molar-refractivity contribution < 1.29 is 18.7 Å². The fraction of sp³-hybridized carbons (Fsp3) is 0.600. The molecule has 4 nitrogen and oxygen atoms in total. The average Bonchev–Trinajstić information content (AvgIpc) is 2.78. The Morgan fingerprint density at radius 1 is 1.16 bits per heavy atom. The molecular formula is C20H26FNO3. The minimum Gasteiger partial charge on any atom is -0.444 e. The predicted octanol–water partition coefficient (Wildman–Crippen LogP) is 4.49. The molecule has 2 saturated heterocycles. The number of amides is 1. The Morgan fingerprint density at radius 2 is 1.76 bits per heavy atom. The van der Waals surface area contributed by atoms with Gasteiger partial charge in [-0.3, -0.25) is 4.79 Å². The number of piperidine rings is 1. The SMILES string of the molecule is Cc1ccc(C(=O)C2CC3CCC(C2)N3C(=O)OC(C)(C)C)cc1F. The third kappa shape index (κ3) is 3.70. The Balaban J connectivity index is 1.72. The molecular weight excluding hydrogens is 321 g/mol. The lowest BCUT2D eigenvalue weighted by atomic mass is 9.84. The number of rotatable bonds is 2. The molecule has 2 bridgehead atoms. The molecule has 2 atom stereocenters. The summed E-state index contributed by atoms with van der Waals surface area (Å²) in [6, 6.07) is 4.76. The van der Waals surface area contributed by atoms with Gasteiger partial charge in [-0.25, -0.2) is 9.18 Å². The van der Waals surface area contributed by atoms with Crippen LogP contribution < -0.4 is 0 Å². The maximum absolute atomic E-state index is 13.8. The van der Waals surface area contributed by atoms with Gasteiger partial charge in [0.25, 0.3) is 0 Å². The lowest BCUT2D eigenvalue weighted by Crippen LogP contribution is -2.49. The van der Waals surface area contributed by atoms with Crippen LogP contribution >= 0.6 is 0 Å². The third-order valence-corrected chi connectivity index (χ3v) is 5.16. The highest BCUT2D eigenvalue weighted by Crippen LogP contribution is 2.40. The number of halogens is 1. The fourth-order valence-electron chi connectivity index (χ4n) is 3.99. The summed E-state index contributed by atoms with van der Waals surface area (Å²) in [5.74, 6) is -0.516. The van der Waals surface area contributed by atoms with Crippen LogP contribution in [0.1, 0.15) is 62.4 Å². The third-order valence-electron chi connectivity index (χ3n) is 5.16. The van der Waals surface area contributed by atoms with Gasteiger partial charge >= 0.3 is 6.09 Å². The van der Waals surface area contributed by atoms with Crippen molar-refractivity contribution >= 4 is 11.9 Å². The average molecular weight is 347 g/mol. The van der Waals surface area contributed by atoms with E-state index in [-0.39, 0.29) is 35.7 Å². The minimum atomic E-state index is -0.525. The van der Waals surface area contributed by atoms with Gasteiger partial charge < -0.3 is 9.64 Å². The Kier molecular flexibility index (Phi) is 4.60. The van der Waals surface area contributed by atoms with Crippen LogP contribution in [-0.2, 0) is 4.74 Å². The summed E-state index contributed by atoms with van der Waals surface area (Å²) in [4.78, 5) is 27.1. The zero-order chi connectivity index (χ0) is 18.4. The molecule has 0 saturated carbocycles. The molecule has 2 fully saturated rings. The largest absolute Gasteiger partial charge is 0.444 e. The first-order valence-corrected chi connectivity index (χ1v) is 8.97. The van der Waals surface area contributed by atoms with Crippen molar-refractivity contribution in [2.75, 3.05) is 0 Å². The van der Waals surface area contributed by atoms with Gasteiger partial charge in [0.05, 0.1) is 0 Å². The summed E-state index contributed by atoms with van der Waals surface area (Å²) in [6.45, 7) is 7.25. The van der Waals surface area contributed by atoms with Crippen molar-refractivity contribution in [3.05, 3.63) is 35.1 Å². The number of ether oxygens (including phenoxy) is 1. The molecule has 2 heterocycles. The van der Waals surface area contributed by atoms with E-state index in [9.17, 15) is 14.0 Å². The number of Topliss-reactive ketones (excluding diaryl/α,β-unsaturated/α-hetero) is 1. The second-order valence-corrected chi connectivity index (χ2v) is 8.27. The summed E-state index contributed by atoms with van der Waals surface area (Å²) in [5.41, 5.74) is 0.442. The van der Waals surface area contributed by atoms with Crippen LogP contribution in [0.4, 0.5) is 9.18 Å². The normalized spacial score (nSPS) is 25.8. The van der Waals surface area contributed by atoms with Gasteiger partial charge in [-0.15, -0.1) is 0 Å². The van der Waals surface area contributed by atoms with Crippen LogP contribution in [0.3, 0.4) is 0 Å². The van der Waals surface area contributed by atoms with Crippen LogP contribution in [0.25, 0.3) is 0 Å². The molecule has 2 aliphatic rings. The number of benzene rings is 1. The van der Waals surface area contributed by atoms with Gasteiger partial charge in [-0.2, -0.15) is 0 Å². The zero-order valence-corrected chi connectivity index (χ0v) is 15.3. The summed E-state index contributed by atoms with van der Waals surface area (Å²) < 4.78 is 19.3. The van der Waals surface area contributed by atoms with Crippen LogP contribution in [0.5, 0.6) is 0 Å². The molecule has 2 unspecified atom stereocenters. The maximum atomic E-state index is 13.8. The van der Waals surface area contributed by atoms with Gasteiger partial charge in [-0.1, -0.05) is 12.1 Å². The number of hydrogen-bond donors (Lipinski definition) is 0. The number of nitrogens with zero attached hydrogens (tertiary/aromatic N) is 1. The molecule has 0 radical (unpaired) electrons. The van der Waals surface area contributed by atoms with Gasteiger partial charge in [0.15, 0.2) is 5.78 Å². The molecule has 0 aromatic heterocycles. The second kappa shape index (κ2) is 6.43. The number of aryl methyl sites for hydroxylation is 1. The Bertz CT molecular complexity index is 681. The monoisotopic (exact) mass is 347 g/mol. The minimum absolute atomic E-state index is 0.0142. The highest BCUT2D eigenvalue weighted by Gasteiger charge is 2.46. The molecule has 1 aromatic rings. The molecule has 1 amide bonds. The first-order chi connectivity index (χ1) is 11.7. The van der Waals surface area contributed by atoms with E-state index in [0.29, 0.717) is 24.0 Å². The summed E-state index contributed by atoms with van der Waals surface area (Å²) in [5, 5.41) is 0. The molecule has 25 heavy (non-hydrogen) atoms. The van der Waals surface area contributed by atoms with Crippen molar-refractivity contribution in [1.29, 1.82) is 0 Å². The Morgan fingerprint density at radius 3 is 2.28 bits per heavy atom. The zero-order valence-electron chi connectivity index (χ0n) is 15.3. The Hall–Kier alpha value is -1.91. The summed E-state index contributed by atoms with van der Waals surface area (Å²) in [6.07, 6.45) is 2.77. The van der Waals surface area contributed by atoms with Gasteiger partial charge in [0.2, 0.25) is 0 Å². The molecule has 5 heteroatoms. The first-order valence-electron chi connectivity index (χ1n) is 8.97. The van der Waals surface area contributed by atoms with Crippen molar-refractivity contribution in [3.8, 4) is 0 Å².